The van der Waals surface area contributed by atoms with Crippen LogP contribution in [0.2, 0.25) is 0 Å². The number of hydrogen-bond donors (Lipinski definition) is 0. The Bertz CT molecular complexity index is 3980. The second-order valence-electron chi connectivity index (χ2n) is 21.3. The molecule has 0 aliphatic heterocycles. The first-order valence-corrected chi connectivity index (χ1v) is 29.2. The second-order valence-corrected chi connectivity index (χ2v) is 21.3. The Balaban J connectivity index is 0.806. The average Bonchev–Trinajstić information content (AvgIpc) is 3.64. The lowest BCUT2D eigenvalue weighted by Crippen LogP contribution is -2.14. The van der Waals surface area contributed by atoms with Gasteiger partial charge in [-0.1, -0.05) is 133 Å². The molecule has 0 atom stereocenters. The van der Waals surface area contributed by atoms with E-state index in [-0.39, 0.29) is 0 Å². The van der Waals surface area contributed by atoms with Gasteiger partial charge in [0, 0.05) is 102 Å². The van der Waals surface area contributed by atoms with Crippen molar-refractivity contribution in [3.63, 3.8) is 0 Å². The van der Waals surface area contributed by atoms with Gasteiger partial charge in [-0.2, -0.15) is 0 Å². The van der Waals surface area contributed by atoms with Crippen molar-refractivity contribution in [1.29, 1.82) is 0 Å². The van der Waals surface area contributed by atoms with Gasteiger partial charge < -0.3 is 29.4 Å². The van der Waals surface area contributed by atoms with Gasteiger partial charge in [0.1, 0.15) is 0 Å². The monoisotopic (exact) mass is 1110 g/mol. The Morgan fingerprint density at radius 2 is 0.256 bits per heavy atom. The number of aryl methyl sites for hydroxylation is 2. The van der Waals surface area contributed by atoms with Crippen molar-refractivity contribution in [2.75, 3.05) is 29.4 Å². The molecule has 0 unspecified atom stereocenters. The number of benzene rings is 13. The molecule has 6 heteroatoms. The number of para-hydroxylation sites is 6. The summed E-state index contributed by atoms with van der Waals surface area (Å²) in [5, 5.41) is 0. The summed E-state index contributed by atoms with van der Waals surface area (Å²) in [4.78, 5) is 13.9. The minimum Gasteiger partial charge on any atom is -0.311 e. The van der Waals surface area contributed by atoms with Crippen molar-refractivity contribution >= 4 is 102 Å². The van der Waals surface area contributed by atoms with Gasteiger partial charge in [0.15, 0.2) is 0 Å². The number of hydrogen-bond acceptors (Lipinski definition) is 6. The summed E-state index contributed by atoms with van der Waals surface area (Å²) in [7, 11) is 0. The quantitative estimate of drug-likeness (QED) is 0.0847. The van der Waals surface area contributed by atoms with Crippen LogP contribution in [0.3, 0.4) is 0 Å². The van der Waals surface area contributed by atoms with E-state index in [2.05, 4.69) is 395 Å². The molecule has 0 saturated heterocycles. The maximum atomic E-state index is 2.33. The van der Waals surface area contributed by atoms with Crippen molar-refractivity contribution < 1.29 is 0 Å². The molecule has 0 N–H and O–H groups in total. The van der Waals surface area contributed by atoms with Gasteiger partial charge in [-0.15, -0.1) is 0 Å². The molecule has 0 aliphatic carbocycles. The standard InChI is InChI=1S/C80H64N6/c1-61-23-21-37-79(59-61)85(67-33-17-7-18-34-67)77-55-51-75(52-56-77)83(65-29-13-5-14-30-65)73-47-43-71(44-48-73)81(63-25-9-3-10-26-63)69-39-41-70(42-40-69)82(64-27-11-4-12-28-64)72-45-49-74(50-46-72)84(66-31-15-6-16-32-66)76-53-57-78(58-54-76)86(68-35-19-8-20-36-68)80-38-22-24-62(2)60-80/h3-60H,1-2H3. The van der Waals surface area contributed by atoms with Crippen molar-refractivity contribution in [2.24, 2.45) is 0 Å². The van der Waals surface area contributed by atoms with Crippen LogP contribution in [0.5, 0.6) is 0 Å². The van der Waals surface area contributed by atoms with Gasteiger partial charge in [0.05, 0.1) is 0 Å². The second kappa shape index (κ2) is 25.0. The zero-order valence-corrected chi connectivity index (χ0v) is 48.2. The van der Waals surface area contributed by atoms with Crippen LogP contribution in [0.1, 0.15) is 11.1 Å². The van der Waals surface area contributed by atoms with E-state index in [9.17, 15) is 0 Å². The molecule has 6 nitrogen and oxygen atoms in total. The van der Waals surface area contributed by atoms with Crippen molar-refractivity contribution in [1.82, 2.24) is 0 Å². The zero-order chi connectivity index (χ0) is 58.0. The van der Waals surface area contributed by atoms with E-state index in [1.54, 1.807) is 0 Å². The van der Waals surface area contributed by atoms with Crippen LogP contribution in [0.4, 0.5) is 102 Å². The van der Waals surface area contributed by atoms with Gasteiger partial charge >= 0.3 is 0 Å². The molecule has 0 bridgehead atoms. The molecule has 0 radical (unpaired) electrons. The fourth-order valence-electron chi connectivity index (χ4n) is 11.4. The van der Waals surface area contributed by atoms with E-state index in [0.717, 1.165) is 102 Å². The lowest BCUT2D eigenvalue weighted by molar-refractivity contribution is 1.23. The van der Waals surface area contributed by atoms with E-state index in [4.69, 9.17) is 0 Å². The first kappa shape index (κ1) is 53.9. The Hall–Kier alpha value is -11.3. The Kier molecular flexibility index (Phi) is 15.7. The molecule has 0 saturated carbocycles. The molecule has 0 amide bonds. The lowest BCUT2D eigenvalue weighted by Gasteiger charge is -2.30. The summed E-state index contributed by atoms with van der Waals surface area (Å²) >= 11 is 0. The number of nitrogens with zero attached hydrogens (tertiary/aromatic N) is 6. The highest BCUT2D eigenvalue weighted by Gasteiger charge is 2.21. The molecule has 0 spiro atoms. The fraction of sp³-hybridized carbons (Fsp3) is 0.0250. The highest BCUT2D eigenvalue weighted by molar-refractivity contribution is 5.87. The molecule has 0 aromatic heterocycles. The molecule has 86 heavy (non-hydrogen) atoms. The van der Waals surface area contributed by atoms with Gasteiger partial charge in [-0.25, -0.2) is 0 Å². The van der Waals surface area contributed by atoms with Crippen LogP contribution >= 0.6 is 0 Å². The molecule has 0 aliphatic rings. The van der Waals surface area contributed by atoms with Crippen LogP contribution in [0.15, 0.2) is 352 Å². The van der Waals surface area contributed by atoms with Crippen molar-refractivity contribution in [3.8, 4) is 0 Å². The van der Waals surface area contributed by atoms with E-state index in [1.807, 2.05) is 0 Å². The highest BCUT2D eigenvalue weighted by atomic mass is 15.2. The average molecular weight is 1110 g/mol. The molecular weight excluding hydrogens is 1040 g/mol. The van der Waals surface area contributed by atoms with Gasteiger partial charge in [0.2, 0.25) is 0 Å². The SMILES string of the molecule is Cc1cccc(N(c2ccccc2)c2ccc(N(c3ccccc3)c3ccc(N(c4ccccc4)c4ccc(N(c5ccccc5)c5ccc(N(c6ccccc6)c6ccc(N(c7ccccc7)c7cccc(C)c7)cc6)cc5)cc4)cc3)cc2)c1. The first-order chi connectivity index (χ1) is 42.5. The number of anilines is 18. The molecule has 414 valence electrons. The van der Waals surface area contributed by atoms with Crippen LogP contribution in [0.25, 0.3) is 0 Å². The third-order valence-corrected chi connectivity index (χ3v) is 15.4. The highest BCUT2D eigenvalue weighted by Crippen LogP contribution is 2.45. The summed E-state index contributed by atoms with van der Waals surface area (Å²) in [5.74, 6) is 0. The summed E-state index contributed by atoms with van der Waals surface area (Å²) in [5.41, 5.74) is 21.7. The summed E-state index contributed by atoms with van der Waals surface area (Å²) in [6.07, 6.45) is 0. The molecular formula is C80H64N6. The maximum Gasteiger partial charge on any atom is 0.0464 e. The molecule has 13 aromatic rings. The Morgan fingerprint density at radius 3 is 0.407 bits per heavy atom. The Morgan fingerprint density at radius 1 is 0.128 bits per heavy atom. The predicted molar refractivity (Wildman–Crippen MR) is 364 cm³/mol. The zero-order valence-electron chi connectivity index (χ0n) is 48.2. The topological polar surface area (TPSA) is 19.4 Å². The summed E-state index contributed by atoms with van der Waals surface area (Å²) < 4.78 is 0. The van der Waals surface area contributed by atoms with Crippen LogP contribution in [-0.4, -0.2) is 0 Å². The summed E-state index contributed by atoms with van der Waals surface area (Å²) in [6.45, 7) is 4.28. The van der Waals surface area contributed by atoms with Crippen LogP contribution in [-0.2, 0) is 0 Å². The third-order valence-electron chi connectivity index (χ3n) is 15.4. The van der Waals surface area contributed by atoms with E-state index < -0.39 is 0 Å². The van der Waals surface area contributed by atoms with Gasteiger partial charge in [0.25, 0.3) is 0 Å². The number of rotatable bonds is 18. The molecule has 13 rings (SSSR count). The van der Waals surface area contributed by atoms with Gasteiger partial charge in [-0.3, -0.25) is 0 Å². The molecule has 13 aromatic carbocycles. The predicted octanol–water partition coefficient (Wildman–Crippen LogP) is 23.1. The van der Waals surface area contributed by atoms with E-state index in [1.165, 1.54) is 11.1 Å². The Labute approximate surface area is 505 Å². The molecule has 0 heterocycles. The van der Waals surface area contributed by atoms with E-state index >= 15 is 0 Å². The fourth-order valence-corrected chi connectivity index (χ4v) is 11.4. The first-order valence-electron chi connectivity index (χ1n) is 29.2. The largest absolute Gasteiger partial charge is 0.311 e. The van der Waals surface area contributed by atoms with Crippen molar-refractivity contribution in [2.45, 2.75) is 13.8 Å². The maximum absolute atomic E-state index is 2.33. The minimum atomic E-state index is 1.04. The normalized spacial score (nSPS) is 10.9. The van der Waals surface area contributed by atoms with Crippen LogP contribution < -0.4 is 29.4 Å². The van der Waals surface area contributed by atoms with E-state index in [0.29, 0.717) is 0 Å². The van der Waals surface area contributed by atoms with Crippen LogP contribution in [0, 0.1) is 13.8 Å². The summed E-state index contributed by atoms with van der Waals surface area (Å²) in [6, 6.07) is 125. The smallest absolute Gasteiger partial charge is 0.0464 e. The van der Waals surface area contributed by atoms with Crippen molar-refractivity contribution in [3.05, 3.63) is 363 Å². The van der Waals surface area contributed by atoms with Gasteiger partial charge in [-0.05, 0) is 243 Å². The molecule has 0 fully saturated rings. The lowest BCUT2D eigenvalue weighted by atomic mass is 10.1. The minimum absolute atomic E-state index is 1.04. The third kappa shape index (κ3) is 11.7.